The Morgan fingerprint density at radius 2 is 1.90 bits per heavy atom. The van der Waals surface area contributed by atoms with E-state index >= 15 is 0 Å². The molecule has 2 saturated heterocycles. The van der Waals surface area contributed by atoms with Crippen LogP contribution >= 0.6 is 0 Å². The number of aliphatic carboxylic acids is 1. The Morgan fingerprint density at radius 3 is 2.50 bits per heavy atom. The van der Waals surface area contributed by atoms with Crippen LogP contribution in [0.4, 0.5) is 0 Å². The van der Waals surface area contributed by atoms with E-state index in [1.807, 2.05) is 0 Å². The van der Waals surface area contributed by atoms with E-state index < -0.39 is 30.1 Å². The lowest BCUT2D eigenvalue weighted by Crippen LogP contribution is -2.52. The lowest BCUT2D eigenvalue weighted by Gasteiger charge is -2.29. The van der Waals surface area contributed by atoms with Crippen molar-refractivity contribution in [1.82, 2.24) is 9.80 Å². The molecule has 2 heterocycles. The summed E-state index contributed by atoms with van der Waals surface area (Å²) < 4.78 is 0. The molecule has 2 amide bonds. The fraction of sp³-hybridized carbons (Fsp3) is 0.750. The smallest absolute Gasteiger partial charge is 0.326 e. The van der Waals surface area contributed by atoms with Gasteiger partial charge in [0.2, 0.25) is 11.8 Å². The molecule has 4 N–H and O–H groups in total. The van der Waals surface area contributed by atoms with E-state index in [0.717, 1.165) is 0 Å². The number of amides is 2. The molecule has 2 fully saturated rings. The number of carbonyl (C=O) groups is 3. The van der Waals surface area contributed by atoms with Crippen LogP contribution in [0.15, 0.2) is 0 Å². The van der Waals surface area contributed by atoms with Crippen LogP contribution in [0.5, 0.6) is 0 Å². The number of nitrogens with two attached hydrogens (primary N) is 1. The molecule has 0 bridgehead atoms. The number of rotatable bonds is 3. The molecule has 0 aromatic carbocycles. The van der Waals surface area contributed by atoms with Gasteiger partial charge in [0.05, 0.1) is 12.6 Å². The number of carboxylic acid groups (broad SMARTS) is 1. The number of hydrogen-bond donors (Lipinski definition) is 3. The van der Waals surface area contributed by atoms with Crippen molar-refractivity contribution in [1.29, 1.82) is 0 Å². The Bertz CT molecular complexity index is 427. The molecule has 8 heteroatoms. The fourth-order valence-electron chi connectivity index (χ4n) is 2.92. The van der Waals surface area contributed by atoms with Gasteiger partial charge in [-0.05, 0) is 12.8 Å². The van der Waals surface area contributed by atoms with Gasteiger partial charge >= 0.3 is 5.97 Å². The summed E-state index contributed by atoms with van der Waals surface area (Å²) >= 11 is 0. The lowest BCUT2D eigenvalue weighted by atomic mass is 10.1. The van der Waals surface area contributed by atoms with Gasteiger partial charge in [-0.3, -0.25) is 9.59 Å². The van der Waals surface area contributed by atoms with Crippen LogP contribution in [0, 0.1) is 0 Å². The zero-order valence-corrected chi connectivity index (χ0v) is 11.1. The first-order valence-electron chi connectivity index (χ1n) is 6.66. The van der Waals surface area contributed by atoms with E-state index in [2.05, 4.69) is 0 Å². The van der Waals surface area contributed by atoms with Gasteiger partial charge in [-0.1, -0.05) is 0 Å². The molecule has 3 atom stereocenters. The van der Waals surface area contributed by atoms with Crippen molar-refractivity contribution >= 4 is 17.8 Å². The van der Waals surface area contributed by atoms with Crippen molar-refractivity contribution in [3.05, 3.63) is 0 Å². The Balaban J connectivity index is 2.13. The second kappa shape index (κ2) is 5.76. The topological polar surface area (TPSA) is 124 Å². The first-order valence-corrected chi connectivity index (χ1v) is 6.66. The molecule has 3 unspecified atom stereocenters. The third-order valence-electron chi connectivity index (χ3n) is 3.88. The Hall–Kier alpha value is -1.67. The van der Waals surface area contributed by atoms with E-state index in [-0.39, 0.29) is 25.4 Å². The molecular weight excluding hydrogens is 266 g/mol. The zero-order valence-electron chi connectivity index (χ0n) is 11.1. The molecule has 2 rings (SSSR count). The fourth-order valence-corrected chi connectivity index (χ4v) is 2.92. The highest BCUT2D eigenvalue weighted by molar-refractivity contribution is 5.91. The standard InChI is InChI=1S/C12H19N3O5/c13-5-10(17)14-3-1-2-8(14)11(18)15-6-7(16)4-9(15)12(19)20/h7-9,16H,1-6,13H2,(H,19,20). The summed E-state index contributed by atoms with van der Waals surface area (Å²) in [6, 6.07) is -1.67. The first kappa shape index (κ1) is 14.7. The van der Waals surface area contributed by atoms with Crippen LogP contribution in [0.3, 0.4) is 0 Å². The number of nitrogens with zero attached hydrogens (tertiary/aromatic N) is 2. The number of β-amino-alcohol motifs (C(OH)–C–C–N with tert-alkyl or cyclic N) is 1. The third-order valence-corrected chi connectivity index (χ3v) is 3.88. The quantitative estimate of drug-likeness (QED) is 0.550. The highest BCUT2D eigenvalue weighted by atomic mass is 16.4. The van der Waals surface area contributed by atoms with Crippen LogP contribution in [-0.2, 0) is 14.4 Å². The molecule has 0 saturated carbocycles. The van der Waals surface area contributed by atoms with Crippen LogP contribution in [0.2, 0.25) is 0 Å². The summed E-state index contributed by atoms with van der Waals surface area (Å²) in [6.45, 7) is 0.284. The van der Waals surface area contributed by atoms with Crippen molar-refractivity contribution in [3.63, 3.8) is 0 Å². The van der Waals surface area contributed by atoms with E-state index in [1.165, 1.54) is 9.80 Å². The molecular formula is C12H19N3O5. The SMILES string of the molecule is NCC(=O)N1CCCC1C(=O)N1CC(O)CC1C(=O)O. The van der Waals surface area contributed by atoms with Gasteiger partial charge in [0.15, 0.2) is 0 Å². The number of likely N-dealkylation sites (tertiary alicyclic amines) is 2. The minimum atomic E-state index is -1.13. The maximum atomic E-state index is 12.5. The summed E-state index contributed by atoms with van der Waals surface area (Å²) in [7, 11) is 0. The highest BCUT2D eigenvalue weighted by Crippen LogP contribution is 2.25. The van der Waals surface area contributed by atoms with E-state index in [9.17, 15) is 19.5 Å². The molecule has 0 radical (unpaired) electrons. The molecule has 8 nitrogen and oxygen atoms in total. The van der Waals surface area contributed by atoms with E-state index in [0.29, 0.717) is 19.4 Å². The average Bonchev–Trinajstić information content (AvgIpc) is 3.03. The minimum absolute atomic E-state index is 0.00302. The van der Waals surface area contributed by atoms with Crippen molar-refractivity contribution < 1.29 is 24.6 Å². The summed E-state index contributed by atoms with van der Waals surface area (Å²) in [5.41, 5.74) is 5.32. The number of aliphatic hydroxyl groups is 1. The molecule has 0 aliphatic carbocycles. The zero-order chi connectivity index (χ0) is 14.9. The van der Waals surface area contributed by atoms with Crippen LogP contribution < -0.4 is 5.73 Å². The van der Waals surface area contributed by atoms with Crippen molar-refractivity contribution in [2.75, 3.05) is 19.6 Å². The number of aliphatic hydroxyl groups excluding tert-OH is 1. The molecule has 0 aromatic rings. The van der Waals surface area contributed by atoms with Gasteiger partial charge in [0.25, 0.3) is 0 Å². The van der Waals surface area contributed by atoms with E-state index in [4.69, 9.17) is 10.8 Å². The molecule has 20 heavy (non-hydrogen) atoms. The second-order valence-electron chi connectivity index (χ2n) is 5.18. The lowest BCUT2D eigenvalue weighted by molar-refractivity contribution is -0.151. The molecule has 0 aromatic heterocycles. The maximum absolute atomic E-state index is 12.5. The summed E-state index contributed by atoms with van der Waals surface area (Å²) in [5, 5.41) is 18.7. The van der Waals surface area contributed by atoms with Gasteiger partial charge in [0, 0.05) is 19.5 Å². The summed E-state index contributed by atoms with van der Waals surface area (Å²) in [6.07, 6.45) is 0.387. The van der Waals surface area contributed by atoms with Gasteiger partial charge in [-0.25, -0.2) is 4.79 Å². The van der Waals surface area contributed by atoms with Crippen LogP contribution in [0.1, 0.15) is 19.3 Å². The predicted octanol–water partition coefficient (Wildman–Crippen LogP) is -2.02. The van der Waals surface area contributed by atoms with Crippen LogP contribution in [-0.4, -0.2) is 75.6 Å². The number of hydrogen-bond acceptors (Lipinski definition) is 5. The summed E-state index contributed by atoms with van der Waals surface area (Å²) in [5.74, 6) is -1.86. The molecule has 0 spiro atoms. The second-order valence-corrected chi connectivity index (χ2v) is 5.18. The van der Waals surface area contributed by atoms with Crippen molar-refractivity contribution in [2.45, 2.75) is 37.5 Å². The molecule has 112 valence electrons. The van der Waals surface area contributed by atoms with Gasteiger partial charge in [-0.2, -0.15) is 0 Å². The van der Waals surface area contributed by atoms with Gasteiger partial charge in [-0.15, -0.1) is 0 Å². The predicted molar refractivity (Wildman–Crippen MR) is 67.6 cm³/mol. The first-order chi connectivity index (χ1) is 9.45. The Morgan fingerprint density at radius 1 is 1.20 bits per heavy atom. The Labute approximate surface area is 116 Å². The number of carboxylic acids is 1. The number of carbonyl (C=O) groups excluding carboxylic acids is 2. The minimum Gasteiger partial charge on any atom is -0.480 e. The Kier molecular flexibility index (Phi) is 4.24. The maximum Gasteiger partial charge on any atom is 0.326 e. The molecule has 2 aliphatic rings. The van der Waals surface area contributed by atoms with Gasteiger partial charge < -0.3 is 25.7 Å². The normalized spacial score (nSPS) is 29.8. The van der Waals surface area contributed by atoms with Crippen molar-refractivity contribution in [3.8, 4) is 0 Å². The third kappa shape index (κ3) is 2.61. The van der Waals surface area contributed by atoms with Crippen molar-refractivity contribution in [2.24, 2.45) is 5.73 Å². The monoisotopic (exact) mass is 285 g/mol. The highest BCUT2D eigenvalue weighted by Gasteiger charge is 2.44. The van der Waals surface area contributed by atoms with E-state index in [1.54, 1.807) is 0 Å². The largest absolute Gasteiger partial charge is 0.480 e. The molecule has 2 aliphatic heterocycles. The van der Waals surface area contributed by atoms with Crippen LogP contribution in [0.25, 0.3) is 0 Å². The van der Waals surface area contributed by atoms with Gasteiger partial charge in [0.1, 0.15) is 12.1 Å². The summed E-state index contributed by atoms with van der Waals surface area (Å²) in [4.78, 5) is 37.9. The average molecular weight is 285 g/mol.